The van der Waals surface area contributed by atoms with Crippen LogP contribution >= 0.6 is 0 Å². The number of hydrogen-bond acceptors (Lipinski definition) is 4. The van der Waals surface area contributed by atoms with Gasteiger partial charge in [0.2, 0.25) is 0 Å². The molecule has 28 heavy (non-hydrogen) atoms. The summed E-state index contributed by atoms with van der Waals surface area (Å²) in [4.78, 5) is 36.3. The van der Waals surface area contributed by atoms with E-state index in [0.29, 0.717) is 0 Å². The summed E-state index contributed by atoms with van der Waals surface area (Å²) in [5, 5.41) is 2.91. The summed E-state index contributed by atoms with van der Waals surface area (Å²) < 4.78 is 1.23. The molecule has 2 aromatic heterocycles. The smallest absolute Gasteiger partial charge is 0.274 e. The van der Waals surface area contributed by atoms with Crippen LogP contribution in [0.2, 0.25) is 0 Å². The molecule has 1 aliphatic carbocycles. The van der Waals surface area contributed by atoms with Gasteiger partial charge in [0.05, 0.1) is 6.04 Å². The monoisotopic (exact) mass is 377 g/mol. The predicted molar refractivity (Wildman–Crippen MR) is 106 cm³/mol. The number of hydrogen-bond donors (Lipinski definition) is 1. The number of benzene rings is 1. The van der Waals surface area contributed by atoms with Crippen LogP contribution < -0.4 is 5.56 Å². The summed E-state index contributed by atoms with van der Waals surface area (Å²) in [5.74, 6) is 0.0645. The van der Waals surface area contributed by atoms with Crippen LogP contribution in [0.3, 0.4) is 0 Å². The van der Waals surface area contributed by atoms with Crippen molar-refractivity contribution in [2.24, 2.45) is 0 Å². The lowest BCUT2D eigenvalue weighted by Crippen LogP contribution is -2.36. The van der Waals surface area contributed by atoms with E-state index in [-0.39, 0.29) is 35.2 Å². The Morgan fingerprint density at radius 3 is 2.39 bits per heavy atom. The third-order valence-electron chi connectivity index (χ3n) is 5.00. The number of aromatic amines is 1. The van der Waals surface area contributed by atoms with Crippen LogP contribution in [-0.4, -0.2) is 36.6 Å². The summed E-state index contributed by atoms with van der Waals surface area (Å²) in [7, 11) is 0. The highest BCUT2D eigenvalue weighted by Crippen LogP contribution is 2.35. The van der Waals surface area contributed by atoms with Crippen molar-refractivity contribution < 1.29 is 4.79 Å². The molecule has 2 heterocycles. The number of amides is 1. The Hall–Kier alpha value is -3.22. The number of carbonyl (C=O) groups is 1. The molecule has 1 fully saturated rings. The van der Waals surface area contributed by atoms with Gasteiger partial charge in [-0.25, -0.2) is 9.97 Å². The van der Waals surface area contributed by atoms with Crippen molar-refractivity contribution in [1.29, 1.82) is 0 Å². The highest BCUT2D eigenvalue weighted by Gasteiger charge is 2.37. The molecule has 7 nitrogen and oxygen atoms in total. The number of aryl methyl sites for hydroxylation is 2. The maximum absolute atomic E-state index is 13.3. The van der Waals surface area contributed by atoms with Crippen LogP contribution in [-0.2, 0) is 0 Å². The number of rotatable bonds is 5. The Morgan fingerprint density at radius 2 is 1.79 bits per heavy atom. The van der Waals surface area contributed by atoms with Crippen molar-refractivity contribution in [3.8, 4) is 5.95 Å². The normalized spacial score (nSPS) is 14.7. The molecule has 1 saturated carbocycles. The minimum absolute atomic E-state index is 0.0782. The number of nitrogens with one attached hydrogen (secondary N) is 1. The maximum Gasteiger partial charge on any atom is 0.274 e. The van der Waals surface area contributed by atoms with Gasteiger partial charge in [-0.15, -0.1) is 0 Å². The van der Waals surface area contributed by atoms with Crippen LogP contribution in [0.5, 0.6) is 0 Å². The van der Waals surface area contributed by atoms with Crippen molar-refractivity contribution in [1.82, 2.24) is 24.6 Å². The molecular weight excluding hydrogens is 354 g/mol. The zero-order chi connectivity index (χ0) is 19.8. The molecule has 1 aliphatic rings. The minimum Gasteiger partial charge on any atom is -0.328 e. The fourth-order valence-corrected chi connectivity index (χ4v) is 3.50. The molecule has 0 saturated heterocycles. The molecule has 4 rings (SSSR count). The zero-order valence-electron chi connectivity index (χ0n) is 16.2. The molecule has 0 bridgehead atoms. The predicted octanol–water partition coefficient (Wildman–Crippen LogP) is 2.94. The van der Waals surface area contributed by atoms with Gasteiger partial charge in [-0.3, -0.25) is 14.7 Å². The topological polar surface area (TPSA) is 83.9 Å². The van der Waals surface area contributed by atoms with E-state index in [1.54, 1.807) is 0 Å². The fourth-order valence-electron chi connectivity index (χ4n) is 3.50. The Bertz CT molecular complexity index is 1050. The molecule has 1 amide bonds. The molecule has 1 N–H and O–H groups in total. The van der Waals surface area contributed by atoms with Crippen molar-refractivity contribution >= 4 is 5.91 Å². The average Bonchev–Trinajstić information content (AvgIpc) is 3.42. The second kappa shape index (κ2) is 7.07. The quantitative estimate of drug-likeness (QED) is 0.741. The third kappa shape index (κ3) is 3.47. The van der Waals surface area contributed by atoms with E-state index in [4.69, 9.17) is 0 Å². The molecule has 0 radical (unpaired) electrons. The number of carbonyl (C=O) groups excluding carboxylic acids is 1. The van der Waals surface area contributed by atoms with E-state index in [9.17, 15) is 9.59 Å². The molecule has 0 aliphatic heterocycles. The van der Waals surface area contributed by atoms with E-state index in [2.05, 4.69) is 15.1 Å². The van der Waals surface area contributed by atoms with Crippen LogP contribution in [0, 0.1) is 13.8 Å². The van der Waals surface area contributed by atoms with Crippen LogP contribution in [0.25, 0.3) is 5.95 Å². The van der Waals surface area contributed by atoms with Crippen LogP contribution in [0.4, 0.5) is 0 Å². The summed E-state index contributed by atoms with van der Waals surface area (Å²) in [6.45, 7) is 5.71. The van der Waals surface area contributed by atoms with E-state index in [0.717, 1.165) is 29.8 Å². The Balaban J connectivity index is 1.68. The molecule has 1 unspecified atom stereocenters. The van der Waals surface area contributed by atoms with Crippen molar-refractivity contribution in [3.63, 3.8) is 0 Å². The fraction of sp³-hybridized carbons (Fsp3) is 0.333. The number of nitrogens with zero attached hydrogens (tertiary/aromatic N) is 4. The first-order valence-corrected chi connectivity index (χ1v) is 9.46. The lowest BCUT2D eigenvalue weighted by atomic mass is 10.1. The highest BCUT2D eigenvalue weighted by atomic mass is 16.2. The lowest BCUT2D eigenvalue weighted by Gasteiger charge is -2.29. The van der Waals surface area contributed by atoms with Gasteiger partial charge in [-0.05, 0) is 45.2 Å². The zero-order valence-corrected chi connectivity index (χ0v) is 16.2. The van der Waals surface area contributed by atoms with E-state index < -0.39 is 0 Å². The molecule has 144 valence electrons. The Morgan fingerprint density at radius 1 is 1.14 bits per heavy atom. The molecular formula is C21H23N5O2. The van der Waals surface area contributed by atoms with E-state index in [1.807, 2.05) is 62.1 Å². The van der Waals surface area contributed by atoms with Crippen molar-refractivity contribution in [3.05, 3.63) is 75.5 Å². The summed E-state index contributed by atoms with van der Waals surface area (Å²) >= 11 is 0. The summed E-state index contributed by atoms with van der Waals surface area (Å²) in [6.07, 6.45) is 1.96. The highest BCUT2D eigenvalue weighted by molar-refractivity contribution is 5.93. The maximum atomic E-state index is 13.3. The molecule has 0 spiro atoms. The largest absolute Gasteiger partial charge is 0.328 e. The summed E-state index contributed by atoms with van der Waals surface area (Å²) in [6, 6.07) is 13.2. The summed E-state index contributed by atoms with van der Waals surface area (Å²) in [5.41, 5.74) is 2.49. The Labute approximate surface area is 163 Å². The first-order valence-electron chi connectivity index (χ1n) is 9.46. The van der Waals surface area contributed by atoms with Gasteiger partial charge < -0.3 is 4.90 Å². The second-order valence-corrected chi connectivity index (χ2v) is 7.32. The van der Waals surface area contributed by atoms with Gasteiger partial charge in [0, 0.05) is 23.5 Å². The van der Waals surface area contributed by atoms with E-state index in [1.165, 1.54) is 10.7 Å². The van der Waals surface area contributed by atoms with Crippen molar-refractivity contribution in [2.45, 2.75) is 45.7 Å². The third-order valence-corrected chi connectivity index (χ3v) is 5.00. The van der Waals surface area contributed by atoms with Gasteiger partial charge in [0.25, 0.3) is 17.4 Å². The average molecular weight is 377 g/mol. The number of H-pyrrole nitrogens is 1. The number of aromatic nitrogens is 4. The van der Waals surface area contributed by atoms with Gasteiger partial charge >= 0.3 is 0 Å². The van der Waals surface area contributed by atoms with Crippen molar-refractivity contribution in [2.75, 3.05) is 0 Å². The van der Waals surface area contributed by atoms with E-state index >= 15 is 0 Å². The SMILES string of the molecule is Cc1cc(C)nc(-n2[nH]c(C(=O)N(C3CC3)C(C)c3ccccc3)cc2=O)n1. The molecule has 1 aromatic carbocycles. The van der Waals surface area contributed by atoms with Crippen LogP contribution in [0.1, 0.15) is 53.2 Å². The first-order chi connectivity index (χ1) is 13.4. The van der Waals surface area contributed by atoms with Gasteiger partial charge in [-0.2, -0.15) is 4.68 Å². The molecule has 3 aromatic rings. The van der Waals surface area contributed by atoms with Gasteiger partial charge in [0.15, 0.2) is 0 Å². The van der Waals surface area contributed by atoms with Crippen LogP contribution in [0.15, 0.2) is 47.3 Å². The second-order valence-electron chi connectivity index (χ2n) is 7.32. The lowest BCUT2D eigenvalue weighted by molar-refractivity contribution is 0.0667. The van der Waals surface area contributed by atoms with Gasteiger partial charge in [-0.1, -0.05) is 30.3 Å². The minimum atomic E-state index is -0.350. The molecule has 1 atom stereocenters. The first kappa shape index (κ1) is 18.2. The standard InChI is InChI=1S/C21H23N5O2/c1-13-11-14(2)23-21(22-13)26-19(27)12-18(24-26)20(28)25(17-9-10-17)15(3)16-7-5-4-6-8-16/h4-8,11-12,15,17,24H,9-10H2,1-3H3. The van der Waals surface area contributed by atoms with Gasteiger partial charge in [0.1, 0.15) is 5.69 Å². The molecule has 7 heteroatoms. The Kier molecular flexibility index (Phi) is 4.58.